The van der Waals surface area contributed by atoms with Gasteiger partial charge in [-0.3, -0.25) is 4.57 Å². The Morgan fingerprint density at radius 3 is 2.71 bits per heavy atom. The van der Waals surface area contributed by atoms with Gasteiger partial charge < -0.3 is 4.98 Å². The lowest BCUT2D eigenvalue weighted by atomic mass is 10.1. The van der Waals surface area contributed by atoms with Crippen LogP contribution in [0, 0.1) is 10.6 Å². The zero-order valence-electron chi connectivity index (χ0n) is 9.50. The Morgan fingerprint density at radius 2 is 2.12 bits per heavy atom. The Labute approximate surface area is 113 Å². The largest absolute Gasteiger partial charge is 0.337 e. The van der Waals surface area contributed by atoms with Gasteiger partial charge in [-0.25, -0.2) is 4.39 Å². The Kier molecular flexibility index (Phi) is 3.49. The Morgan fingerprint density at radius 1 is 1.41 bits per heavy atom. The molecule has 1 aromatic carbocycles. The highest BCUT2D eigenvalue weighted by molar-refractivity contribution is 9.10. The van der Waals surface area contributed by atoms with Gasteiger partial charge in [0.2, 0.25) is 0 Å². The van der Waals surface area contributed by atoms with Crippen LogP contribution in [0.4, 0.5) is 4.39 Å². The van der Waals surface area contributed by atoms with Crippen LogP contribution in [0.3, 0.4) is 0 Å². The van der Waals surface area contributed by atoms with Gasteiger partial charge in [-0.05, 0) is 52.3 Å². The number of nitrogens with zero attached hydrogens (tertiary/aromatic N) is 1. The lowest BCUT2D eigenvalue weighted by Crippen LogP contribution is -2.02. The molecule has 2 rings (SSSR count). The summed E-state index contributed by atoms with van der Waals surface area (Å²) in [6.07, 6.45) is 1.89. The number of H-pyrrole nitrogens is 1. The summed E-state index contributed by atoms with van der Waals surface area (Å²) in [5.74, 6) is 0.0636. The van der Waals surface area contributed by atoms with E-state index in [-0.39, 0.29) is 5.82 Å². The summed E-state index contributed by atoms with van der Waals surface area (Å²) in [5.41, 5.74) is 1.93. The van der Waals surface area contributed by atoms with E-state index < -0.39 is 0 Å². The highest BCUT2D eigenvalue weighted by atomic mass is 79.9. The molecule has 0 saturated heterocycles. The molecule has 0 bridgehead atoms. The van der Waals surface area contributed by atoms with Crippen LogP contribution in [0.25, 0.3) is 5.69 Å². The molecule has 0 amide bonds. The lowest BCUT2D eigenvalue weighted by molar-refractivity contribution is 0.620. The monoisotopic (exact) mass is 314 g/mol. The molecular formula is C12H12BrFN2S. The first-order valence-corrected chi connectivity index (χ1v) is 6.46. The van der Waals surface area contributed by atoms with E-state index in [1.165, 1.54) is 6.07 Å². The highest BCUT2D eigenvalue weighted by Gasteiger charge is 2.11. The van der Waals surface area contributed by atoms with Crippen molar-refractivity contribution >= 4 is 28.1 Å². The third kappa shape index (κ3) is 2.35. The quantitative estimate of drug-likeness (QED) is 0.806. The Bertz CT molecular complexity index is 601. The van der Waals surface area contributed by atoms with Crippen LogP contribution in [-0.4, -0.2) is 9.55 Å². The van der Waals surface area contributed by atoms with Gasteiger partial charge in [0, 0.05) is 17.6 Å². The van der Waals surface area contributed by atoms with E-state index in [1.54, 1.807) is 12.1 Å². The number of rotatable bonds is 2. The van der Waals surface area contributed by atoms with Gasteiger partial charge in [-0.2, -0.15) is 0 Å². The normalized spacial score (nSPS) is 11.1. The van der Waals surface area contributed by atoms with Crippen molar-refractivity contribution in [2.45, 2.75) is 19.8 Å². The number of aromatic amines is 1. The van der Waals surface area contributed by atoms with Gasteiger partial charge >= 0.3 is 0 Å². The van der Waals surface area contributed by atoms with Crippen LogP contribution in [0.1, 0.15) is 25.5 Å². The molecular weight excluding hydrogens is 303 g/mol. The Balaban J connectivity index is 2.63. The average molecular weight is 315 g/mol. The minimum absolute atomic E-state index is 0.276. The van der Waals surface area contributed by atoms with Crippen molar-refractivity contribution in [2.75, 3.05) is 0 Å². The molecule has 17 heavy (non-hydrogen) atoms. The second-order valence-electron chi connectivity index (χ2n) is 4.11. The number of hydrogen-bond donors (Lipinski definition) is 1. The molecule has 2 nitrogen and oxygen atoms in total. The molecule has 0 fully saturated rings. The maximum absolute atomic E-state index is 13.2. The number of nitrogens with one attached hydrogen (secondary N) is 1. The lowest BCUT2D eigenvalue weighted by Gasteiger charge is -2.11. The van der Waals surface area contributed by atoms with Gasteiger partial charge in [0.25, 0.3) is 0 Å². The van der Waals surface area contributed by atoms with E-state index in [0.29, 0.717) is 15.2 Å². The van der Waals surface area contributed by atoms with Crippen molar-refractivity contribution in [1.82, 2.24) is 9.55 Å². The van der Waals surface area contributed by atoms with Gasteiger partial charge in [-0.1, -0.05) is 13.8 Å². The first-order valence-electron chi connectivity index (χ1n) is 5.26. The second kappa shape index (κ2) is 4.74. The Hall–Kier alpha value is -0.940. The van der Waals surface area contributed by atoms with E-state index in [2.05, 4.69) is 34.8 Å². The zero-order chi connectivity index (χ0) is 12.6. The average Bonchev–Trinajstić information content (AvgIpc) is 2.64. The fraction of sp³-hybridized carbons (Fsp3) is 0.250. The van der Waals surface area contributed by atoms with Gasteiger partial charge in [-0.15, -0.1) is 0 Å². The number of halogens is 2. The molecule has 1 N–H and O–H groups in total. The SMILES string of the molecule is CC(C)c1c[nH]c(=S)n1-c1ccc(F)c(Br)c1. The van der Waals surface area contributed by atoms with Gasteiger partial charge in [0.15, 0.2) is 4.77 Å². The summed E-state index contributed by atoms with van der Waals surface area (Å²) in [7, 11) is 0. The molecule has 1 aromatic heterocycles. The molecule has 0 saturated carbocycles. The summed E-state index contributed by atoms with van der Waals surface area (Å²) in [6.45, 7) is 4.18. The predicted molar refractivity (Wildman–Crippen MR) is 72.7 cm³/mol. The molecule has 0 spiro atoms. The van der Waals surface area contributed by atoms with Gasteiger partial charge in [0.05, 0.1) is 4.47 Å². The topological polar surface area (TPSA) is 20.7 Å². The summed E-state index contributed by atoms with van der Waals surface area (Å²) in [4.78, 5) is 3.02. The third-order valence-corrected chi connectivity index (χ3v) is 3.47. The van der Waals surface area contributed by atoms with Crippen molar-refractivity contribution in [3.05, 3.63) is 45.2 Å². The van der Waals surface area contributed by atoms with Crippen LogP contribution in [0.5, 0.6) is 0 Å². The molecule has 0 aliphatic rings. The first kappa shape index (κ1) is 12.5. The fourth-order valence-electron chi connectivity index (χ4n) is 1.70. The van der Waals surface area contributed by atoms with Crippen LogP contribution in [0.15, 0.2) is 28.9 Å². The van der Waals surface area contributed by atoms with Crippen molar-refractivity contribution in [3.63, 3.8) is 0 Å². The number of hydrogen-bond acceptors (Lipinski definition) is 1. The zero-order valence-corrected chi connectivity index (χ0v) is 11.9. The predicted octanol–water partition coefficient (Wildman–Crippen LogP) is 4.56. The molecule has 2 aromatic rings. The van der Waals surface area contributed by atoms with Crippen LogP contribution < -0.4 is 0 Å². The van der Waals surface area contributed by atoms with Crippen LogP contribution in [0.2, 0.25) is 0 Å². The fourth-order valence-corrected chi connectivity index (χ4v) is 2.33. The maximum atomic E-state index is 13.2. The van der Waals surface area contributed by atoms with Crippen molar-refractivity contribution in [3.8, 4) is 5.69 Å². The molecule has 0 radical (unpaired) electrons. The molecule has 0 atom stereocenters. The number of imidazole rings is 1. The van der Waals surface area contributed by atoms with Crippen molar-refractivity contribution < 1.29 is 4.39 Å². The number of aromatic nitrogens is 2. The molecule has 0 aliphatic carbocycles. The summed E-state index contributed by atoms with van der Waals surface area (Å²) in [5, 5.41) is 0. The maximum Gasteiger partial charge on any atom is 0.182 e. The first-order chi connectivity index (χ1) is 8.00. The van der Waals surface area contributed by atoms with E-state index in [0.717, 1.165) is 11.4 Å². The van der Waals surface area contributed by atoms with E-state index in [4.69, 9.17) is 12.2 Å². The minimum atomic E-state index is -0.276. The molecule has 90 valence electrons. The number of benzene rings is 1. The second-order valence-corrected chi connectivity index (χ2v) is 5.35. The van der Waals surface area contributed by atoms with Gasteiger partial charge in [0.1, 0.15) is 5.82 Å². The van der Waals surface area contributed by atoms with Crippen molar-refractivity contribution in [1.29, 1.82) is 0 Å². The van der Waals surface area contributed by atoms with E-state index in [1.807, 2.05) is 10.8 Å². The summed E-state index contributed by atoms with van der Waals surface area (Å²) in [6, 6.07) is 4.87. The van der Waals surface area contributed by atoms with E-state index >= 15 is 0 Å². The van der Waals surface area contributed by atoms with Crippen LogP contribution in [-0.2, 0) is 0 Å². The molecule has 0 unspecified atom stereocenters. The van der Waals surface area contributed by atoms with E-state index in [9.17, 15) is 4.39 Å². The highest BCUT2D eigenvalue weighted by Crippen LogP contribution is 2.24. The minimum Gasteiger partial charge on any atom is -0.337 e. The molecule has 5 heteroatoms. The van der Waals surface area contributed by atoms with Crippen LogP contribution >= 0.6 is 28.1 Å². The smallest absolute Gasteiger partial charge is 0.182 e. The molecule has 0 aliphatic heterocycles. The summed E-state index contributed by atoms with van der Waals surface area (Å²) >= 11 is 8.43. The molecule has 1 heterocycles. The standard InChI is InChI=1S/C12H12BrFN2S/c1-7(2)11-6-15-12(17)16(11)8-3-4-10(14)9(13)5-8/h3-7H,1-2H3,(H,15,17). The third-order valence-electron chi connectivity index (χ3n) is 2.56. The summed E-state index contributed by atoms with van der Waals surface area (Å²) < 4.78 is 16.2. The van der Waals surface area contributed by atoms with Crippen molar-refractivity contribution in [2.24, 2.45) is 0 Å².